The van der Waals surface area contributed by atoms with Crippen molar-refractivity contribution in [2.75, 3.05) is 13.2 Å². The first-order valence-corrected chi connectivity index (χ1v) is 6.56. The van der Waals surface area contributed by atoms with E-state index in [2.05, 4.69) is 6.92 Å². The highest BCUT2D eigenvalue weighted by atomic mass is 16.5. The van der Waals surface area contributed by atoms with Crippen LogP contribution in [0.2, 0.25) is 0 Å². The summed E-state index contributed by atoms with van der Waals surface area (Å²) in [6.45, 7) is 4.21. The predicted molar refractivity (Wildman–Crippen MR) is 62.7 cm³/mol. The maximum Gasteiger partial charge on any atom is 0.0581 e. The molecule has 0 spiro atoms. The molecule has 0 aromatic carbocycles. The van der Waals surface area contributed by atoms with E-state index in [9.17, 15) is 0 Å². The predicted octanol–water partition coefficient (Wildman–Crippen LogP) is 2.71. The molecule has 3 atom stereocenters. The van der Waals surface area contributed by atoms with Gasteiger partial charge in [0, 0.05) is 6.61 Å². The molecule has 0 radical (unpaired) electrons. The maximum atomic E-state index is 6.02. The summed E-state index contributed by atoms with van der Waals surface area (Å²) in [5, 5.41) is 0. The molecule has 0 aromatic heterocycles. The first-order chi connectivity index (χ1) is 7.24. The van der Waals surface area contributed by atoms with Crippen molar-refractivity contribution < 1.29 is 4.74 Å². The van der Waals surface area contributed by atoms with Crippen LogP contribution in [-0.2, 0) is 4.74 Å². The summed E-state index contributed by atoms with van der Waals surface area (Å²) in [6, 6.07) is 0. The molecule has 0 bridgehead atoms. The van der Waals surface area contributed by atoms with E-state index in [1.54, 1.807) is 0 Å². The van der Waals surface area contributed by atoms with E-state index in [-0.39, 0.29) is 0 Å². The van der Waals surface area contributed by atoms with Gasteiger partial charge < -0.3 is 10.5 Å². The zero-order valence-corrected chi connectivity index (χ0v) is 10.0. The Morgan fingerprint density at radius 1 is 1.33 bits per heavy atom. The minimum absolute atomic E-state index is 0.409. The van der Waals surface area contributed by atoms with Gasteiger partial charge >= 0.3 is 0 Å². The smallest absolute Gasteiger partial charge is 0.0581 e. The van der Waals surface area contributed by atoms with Crippen LogP contribution in [0.25, 0.3) is 0 Å². The quantitative estimate of drug-likeness (QED) is 0.779. The number of rotatable bonds is 3. The molecule has 0 aromatic rings. The highest BCUT2D eigenvalue weighted by molar-refractivity contribution is 4.89. The van der Waals surface area contributed by atoms with Gasteiger partial charge in [0.25, 0.3) is 0 Å². The fraction of sp³-hybridized carbons (Fsp3) is 1.00. The third-order valence-electron chi connectivity index (χ3n) is 4.30. The van der Waals surface area contributed by atoms with Crippen LogP contribution >= 0.6 is 0 Å². The van der Waals surface area contributed by atoms with Crippen LogP contribution < -0.4 is 5.73 Å². The Balaban J connectivity index is 1.93. The summed E-state index contributed by atoms with van der Waals surface area (Å²) in [5.74, 6) is 0.865. The average molecular weight is 211 g/mol. The van der Waals surface area contributed by atoms with Crippen molar-refractivity contribution in [3.8, 4) is 0 Å². The second-order valence-electron chi connectivity index (χ2n) is 5.74. The number of ether oxygens (including phenoxy) is 1. The van der Waals surface area contributed by atoms with Crippen molar-refractivity contribution in [2.24, 2.45) is 17.1 Å². The first-order valence-electron chi connectivity index (χ1n) is 6.56. The van der Waals surface area contributed by atoms with Crippen LogP contribution in [0.4, 0.5) is 0 Å². The average Bonchev–Trinajstić information content (AvgIpc) is 2.70. The zero-order valence-electron chi connectivity index (χ0n) is 10.0. The van der Waals surface area contributed by atoms with Crippen LogP contribution in [0.3, 0.4) is 0 Å². The van der Waals surface area contributed by atoms with E-state index in [1.807, 2.05) is 0 Å². The summed E-state index contributed by atoms with van der Waals surface area (Å²) < 4.78 is 5.76. The van der Waals surface area contributed by atoms with E-state index in [1.165, 1.54) is 44.9 Å². The van der Waals surface area contributed by atoms with Crippen LogP contribution in [0, 0.1) is 11.3 Å². The van der Waals surface area contributed by atoms with Gasteiger partial charge in [0.2, 0.25) is 0 Å². The van der Waals surface area contributed by atoms with E-state index in [4.69, 9.17) is 10.5 Å². The Morgan fingerprint density at radius 2 is 2.20 bits per heavy atom. The van der Waals surface area contributed by atoms with E-state index < -0.39 is 0 Å². The molecule has 2 fully saturated rings. The van der Waals surface area contributed by atoms with Gasteiger partial charge in [0.05, 0.1) is 6.10 Å². The van der Waals surface area contributed by atoms with Crippen molar-refractivity contribution in [3.05, 3.63) is 0 Å². The summed E-state index contributed by atoms with van der Waals surface area (Å²) in [4.78, 5) is 0. The zero-order chi connectivity index (χ0) is 10.7. The highest BCUT2D eigenvalue weighted by Gasteiger charge is 2.36. The lowest BCUT2D eigenvalue weighted by Gasteiger charge is -2.40. The SMILES string of the molecule is CC1CCCC(CN)(CC2CCCO2)C1. The molecule has 1 aliphatic heterocycles. The lowest BCUT2D eigenvalue weighted by Crippen LogP contribution is -2.38. The molecule has 15 heavy (non-hydrogen) atoms. The van der Waals surface area contributed by atoms with Crippen LogP contribution in [0.1, 0.15) is 51.9 Å². The van der Waals surface area contributed by atoms with Crippen LogP contribution in [0.5, 0.6) is 0 Å². The molecule has 3 unspecified atom stereocenters. The number of hydrogen-bond acceptors (Lipinski definition) is 2. The van der Waals surface area contributed by atoms with E-state index in [0.29, 0.717) is 11.5 Å². The fourth-order valence-electron chi connectivity index (χ4n) is 3.51. The van der Waals surface area contributed by atoms with Crippen molar-refractivity contribution in [2.45, 2.75) is 58.0 Å². The minimum Gasteiger partial charge on any atom is -0.378 e. The van der Waals surface area contributed by atoms with Gasteiger partial charge in [-0.05, 0) is 50.0 Å². The van der Waals surface area contributed by atoms with Crippen molar-refractivity contribution in [1.82, 2.24) is 0 Å². The third kappa shape index (κ3) is 2.73. The summed E-state index contributed by atoms with van der Waals surface area (Å²) >= 11 is 0. The monoisotopic (exact) mass is 211 g/mol. The number of hydrogen-bond donors (Lipinski definition) is 1. The van der Waals surface area contributed by atoms with Crippen LogP contribution in [0.15, 0.2) is 0 Å². The second-order valence-corrected chi connectivity index (χ2v) is 5.74. The molecule has 2 aliphatic rings. The lowest BCUT2D eigenvalue weighted by atomic mass is 9.67. The standard InChI is InChI=1S/C13H25NO/c1-11-4-2-6-13(8-11,10-14)9-12-5-3-7-15-12/h11-12H,2-10,14H2,1H3. The minimum atomic E-state index is 0.409. The van der Waals surface area contributed by atoms with Gasteiger partial charge in [-0.15, -0.1) is 0 Å². The second kappa shape index (κ2) is 4.84. The first kappa shape index (κ1) is 11.4. The van der Waals surface area contributed by atoms with Crippen molar-refractivity contribution >= 4 is 0 Å². The van der Waals surface area contributed by atoms with Gasteiger partial charge in [0.1, 0.15) is 0 Å². The largest absolute Gasteiger partial charge is 0.378 e. The molecule has 88 valence electrons. The summed E-state index contributed by atoms with van der Waals surface area (Å²) in [6.07, 6.45) is 9.65. The Labute approximate surface area is 93.6 Å². The van der Waals surface area contributed by atoms with Crippen molar-refractivity contribution in [3.63, 3.8) is 0 Å². The molecule has 1 saturated carbocycles. The van der Waals surface area contributed by atoms with Crippen LogP contribution in [-0.4, -0.2) is 19.3 Å². The van der Waals surface area contributed by atoms with E-state index in [0.717, 1.165) is 19.1 Å². The Hall–Kier alpha value is -0.0800. The van der Waals surface area contributed by atoms with Gasteiger partial charge in [-0.25, -0.2) is 0 Å². The molecule has 2 nitrogen and oxygen atoms in total. The van der Waals surface area contributed by atoms with Gasteiger partial charge in [-0.2, -0.15) is 0 Å². The number of nitrogens with two attached hydrogens (primary N) is 1. The molecule has 1 heterocycles. The Morgan fingerprint density at radius 3 is 2.80 bits per heavy atom. The fourth-order valence-corrected chi connectivity index (χ4v) is 3.51. The Kier molecular flexibility index (Phi) is 3.68. The van der Waals surface area contributed by atoms with Crippen molar-refractivity contribution in [1.29, 1.82) is 0 Å². The molecule has 2 rings (SSSR count). The summed E-state index contributed by atoms with van der Waals surface area (Å²) in [5.41, 5.74) is 6.43. The van der Waals surface area contributed by atoms with Gasteiger partial charge in [-0.1, -0.05) is 19.8 Å². The Bertz CT molecular complexity index is 201. The van der Waals surface area contributed by atoms with E-state index >= 15 is 0 Å². The molecular weight excluding hydrogens is 186 g/mol. The van der Waals surface area contributed by atoms with Gasteiger partial charge in [-0.3, -0.25) is 0 Å². The third-order valence-corrected chi connectivity index (χ3v) is 4.30. The maximum absolute atomic E-state index is 6.02. The summed E-state index contributed by atoms with van der Waals surface area (Å²) in [7, 11) is 0. The molecular formula is C13H25NO. The normalized spacial score (nSPS) is 42.0. The molecule has 2 N–H and O–H groups in total. The molecule has 2 heteroatoms. The van der Waals surface area contributed by atoms with Gasteiger partial charge in [0.15, 0.2) is 0 Å². The highest BCUT2D eigenvalue weighted by Crippen LogP contribution is 2.43. The lowest BCUT2D eigenvalue weighted by molar-refractivity contribution is 0.0370. The topological polar surface area (TPSA) is 35.2 Å². The molecule has 0 amide bonds. The molecule has 1 saturated heterocycles. The molecule has 1 aliphatic carbocycles.